The highest BCUT2D eigenvalue weighted by molar-refractivity contribution is 7.09. The first-order valence-electron chi connectivity index (χ1n) is 6.89. The van der Waals surface area contributed by atoms with Crippen LogP contribution >= 0.6 is 11.3 Å². The molecule has 0 radical (unpaired) electrons. The van der Waals surface area contributed by atoms with Crippen molar-refractivity contribution in [1.29, 1.82) is 0 Å². The lowest BCUT2D eigenvalue weighted by Crippen LogP contribution is -2.30. The SMILES string of the molecule is CC(C)c1ncc(N)c(C(=O)N(C)CCc2cccs2)n1. The van der Waals surface area contributed by atoms with Crippen molar-refractivity contribution in [2.75, 3.05) is 19.3 Å². The number of hydrogen-bond donors (Lipinski definition) is 1. The van der Waals surface area contributed by atoms with Gasteiger partial charge in [-0.1, -0.05) is 19.9 Å². The molecular formula is C15H20N4OS. The van der Waals surface area contributed by atoms with Crippen LogP contribution in [0, 0.1) is 0 Å². The third kappa shape index (κ3) is 3.78. The van der Waals surface area contributed by atoms with Gasteiger partial charge in [0.15, 0.2) is 5.69 Å². The minimum Gasteiger partial charge on any atom is -0.396 e. The fourth-order valence-electron chi connectivity index (χ4n) is 1.87. The maximum absolute atomic E-state index is 12.5. The van der Waals surface area contributed by atoms with Gasteiger partial charge in [0.2, 0.25) is 0 Å². The van der Waals surface area contributed by atoms with Gasteiger partial charge in [-0.05, 0) is 17.9 Å². The molecule has 0 atom stereocenters. The Morgan fingerprint density at radius 1 is 1.48 bits per heavy atom. The Morgan fingerprint density at radius 3 is 2.86 bits per heavy atom. The first-order chi connectivity index (χ1) is 9.99. The van der Waals surface area contributed by atoms with Gasteiger partial charge in [0.05, 0.1) is 11.9 Å². The first-order valence-corrected chi connectivity index (χ1v) is 7.77. The molecule has 1 amide bonds. The lowest BCUT2D eigenvalue weighted by atomic mass is 10.2. The van der Waals surface area contributed by atoms with E-state index in [1.165, 1.54) is 11.1 Å². The van der Waals surface area contributed by atoms with Crippen LogP contribution in [0.25, 0.3) is 0 Å². The summed E-state index contributed by atoms with van der Waals surface area (Å²) in [7, 11) is 1.77. The average molecular weight is 304 g/mol. The molecule has 2 aromatic rings. The minimum absolute atomic E-state index is 0.159. The molecule has 0 saturated heterocycles. The second kappa shape index (κ2) is 6.67. The number of hydrogen-bond acceptors (Lipinski definition) is 5. The molecule has 21 heavy (non-hydrogen) atoms. The third-order valence-electron chi connectivity index (χ3n) is 3.18. The molecule has 0 aromatic carbocycles. The number of nitrogen functional groups attached to an aromatic ring is 1. The summed E-state index contributed by atoms with van der Waals surface area (Å²) in [5.74, 6) is 0.640. The molecule has 0 saturated carbocycles. The van der Waals surface area contributed by atoms with E-state index in [4.69, 9.17) is 5.73 Å². The molecule has 112 valence electrons. The molecule has 0 fully saturated rings. The smallest absolute Gasteiger partial charge is 0.274 e. The molecule has 0 spiro atoms. The summed E-state index contributed by atoms with van der Waals surface area (Å²) < 4.78 is 0. The van der Waals surface area contributed by atoms with Crippen LogP contribution in [-0.2, 0) is 6.42 Å². The van der Waals surface area contributed by atoms with Crippen molar-refractivity contribution in [3.05, 3.63) is 40.1 Å². The van der Waals surface area contributed by atoms with E-state index >= 15 is 0 Å². The zero-order valence-corrected chi connectivity index (χ0v) is 13.4. The highest BCUT2D eigenvalue weighted by Crippen LogP contribution is 2.16. The zero-order chi connectivity index (χ0) is 15.4. The molecule has 0 bridgehead atoms. The summed E-state index contributed by atoms with van der Waals surface area (Å²) >= 11 is 1.69. The Kier molecular flexibility index (Phi) is 4.90. The van der Waals surface area contributed by atoms with E-state index in [1.54, 1.807) is 23.3 Å². The molecule has 6 heteroatoms. The molecule has 0 aliphatic carbocycles. The largest absolute Gasteiger partial charge is 0.396 e. The standard InChI is InChI=1S/C15H20N4OS/c1-10(2)14-17-9-12(16)13(18-14)15(20)19(3)7-6-11-5-4-8-21-11/h4-5,8-10H,6-7,16H2,1-3H3. The monoisotopic (exact) mass is 304 g/mol. The lowest BCUT2D eigenvalue weighted by Gasteiger charge is -2.17. The highest BCUT2D eigenvalue weighted by Gasteiger charge is 2.18. The van der Waals surface area contributed by atoms with Gasteiger partial charge in [0, 0.05) is 24.4 Å². The van der Waals surface area contributed by atoms with Crippen LogP contribution in [0.2, 0.25) is 0 Å². The zero-order valence-electron chi connectivity index (χ0n) is 12.5. The minimum atomic E-state index is -0.159. The van der Waals surface area contributed by atoms with Gasteiger partial charge in [-0.2, -0.15) is 0 Å². The normalized spacial score (nSPS) is 10.9. The topological polar surface area (TPSA) is 72.1 Å². The van der Waals surface area contributed by atoms with E-state index in [-0.39, 0.29) is 11.8 Å². The molecule has 5 nitrogen and oxygen atoms in total. The number of nitrogens with two attached hydrogens (primary N) is 1. The van der Waals surface area contributed by atoms with Crippen LogP contribution in [-0.4, -0.2) is 34.4 Å². The number of aromatic nitrogens is 2. The fraction of sp³-hybridized carbons (Fsp3) is 0.400. The number of anilines is 1. The van der Waals surface area contributed by atoms with Gasteiger partial charge in [0.1, 0.15) is 5.82 Å². The number of thiophene rings is 1. The summed E-state index contributed by atoms with van der Waals surface area (Å²) in [6.07, 6.45) is 2.35. The Labute approximate surface area is 128 Å². The van der Waals surface area contributed by atoms with Crippen LogP contribution < -0.4 is 5.73 Å². The summed E-state index contributed by atoms with van der Waals surface area (Å²) in [5, 5.41) is 2.04. The second-order valence-electron chi connectivity index (χ2n) is 5.24. The van der Waals surface area contributed by atoms with E-state index < -0.39 is 0 Å². The quantitative estimate of drug-likeness (QED) is 0.921. The van der Waals surface area contributed by atoms with Gasteiger partial charge in [-0.3, -0.25) is 4.79 Å². The molecule has 0 aliphatic rings. The van der Waals surface area contributed by atoms with Gasteiger partial charge >= 0.3 is 0 Å². The Bertz CT molecular complexity index is 610. The van der Waals surface area contributed by atoms with Crippen LogP contribution in [0.1, 0.15) is 41.0 Å². The van der Waals surface area contributed by atoms with Gasteiger partial charge in [0.25, 0.3) is 5.91 Å². The first kappa shape index (κ1) is 15.4. The molecule has 0 unspecified atom stereocenters. The molecule has 2 aromatic heterocycles. The van der Waals surface area contributed by atoms with Crippen molar-refractivity contribution in [3.63, 3.8) is 0 Å². The van der Waals surface area contributed by atoms with Crippen LogP contribution in [0.3, 0.4) is 0 Å². The van der Waals surface area contributed by atoms with Crippen LogP contribution in [0.5, 0.6) is 0 Å². The van der Waals surface area contributed by atoms with Crippen molar-refractivity contribution in [1.82, 2.24) is 14.9 Å². The lowest BCUT2D eigenvalue weighted by molar-refractivity contribution is 0.0791. The van der Waals surface area contributed by atoms with E-state index in [2.05, 4.69) is 16.0 Å². The van der Waals surface area contributed by atoms with Crippen molar-refractivity contribution in [3.8, 4) is 0 Å². The van der Waals surface area contributed by atoms with E-state index in [1.807, 2.05) is 25.3 Å². The molecule has 2 heterocycles. The van der Waals surface area contributed by atoms with Crippen molar-refractivity contribution in [2.24, 2.45) is 0 Å². The van der Waals surface area contributed by atoms with Crippen LogP contribution in [0.4, 0.5) is 5.69 Å². The second-order valence-corrected chi connectivity index (χ2v) is 6.28. The molecule has 2 rings (SSSR count). The number of rotatable bonds is 5. The number of carbonyl (C=O) groups is 1. The van der Waals surface area contributed by atoms with Crippen LogP contribution in [0.15, 0.2) is 23.7 Å². The molecular weight excluding hydrogens is 284 g/mol. The fourth-order valence-corrected chi connectivity index (χ4v) is 2.57. The Morgan fingerprint density at radius 2 is 2.24 bits per heavy atom. The molecule has 2 N–H and O–H groups in total. The Hall–Kier alpha value is -1.95. The van der Waals surface area contributed by atoms with Gasteiger partial charge < -0.3 is 10.6 Å². The van der Waals surface area contributed by atoms with Gasteiger partial charge in [-0.15, -0.1) is 11.3 Å². The predicted octanol–water partition coefficient (Wildman–Crippen LogP) is 2.56. The van der Waals surface area contributed by atoms with Crippen molar-refractivity contribution < 1.29 is 4.79 Å². The van der Waals surface area contributed by atoms with Crippen molar-refractivity contribution in [2.45, 2.75) is 26.2 Å². The maximum Gasteiger partial charge on any atom is 0.274 e. The number of nitrogens with zero attached hydrogens (tertiary/aromatic N) is 3. The maximum atomic E-state index is 12.5. The third-order valence-corrected chi connectivity index (χ3v) is 4.11. The van der Waals surface area contributed by atoms with Crippen molar-refractivity contribution >= 4 is 22.9 Å². The summed E-state index contributed by atoms with van der Waals surface area (Å²) in [4.78, 5) is 23.8. The summed E-state index contributed by atoms with van der Waals surface area (Å²) in [6, 6.07) is 4.08. The summed E-state index contributed by atoms with van der Waals surface area (Å²) in [6.45, 7) is 4.61. The highest BCUT2D eigenvalue weighted by atomic mass is 32.1. The van der Waals surface area contributed by atoms with E-state index in [0.29, 0.717) is 23.8 Å². The number of amides is 1. The molecule has 0 aliphatic heterocycles. The number of likely N-dealkylation sites (N-methyl/N-ethyl adjacent to an activating group) is 1. The summed E-state index contributed by atoms with van der Waals surface area (Å²) in [5.41, 5.74) is 6.47. The number of carbonyl (C=O) groups excluding carboxylic acids is 1. The van der Waals surface area contributed by atoms with Gasteiger partial charge in [-0.25, -0.2) is 9.97 Å². The Balaban J connectivity index is 2.09. The predicted molar refractivity (Wildman–Crippen MR) is 85.5 cm³/mol. The average Bonchev–Trinajstić information content (AvgIpc) is 2.97. The van der Waals surface area contributed by atoms with E-state index in [0.717, 1.165) is 6.42 Å². The van der Waals surface area contributed by atoms with E-state index in [9.17, 15) is 4.79 Å².